The zero-order valence-electron chi connectivity index (χ0n) is 13.5. The molecule has 3 heteroatoms. The second-order valence-electron chi connectivity index (χ2n) is 6.73. The molecule has 2 fully saturated rings. The van der Waals surface area contributed by atoms with Crippen molar-refractivity contribution in [1.29, 1.82) is 0 Å². The van der Waals surface area contributed by atoms with Gasteiger partial charge in [-0.05, 0) is 31.7 Å². The molecule has 116 valence electrons. The topological polar surface area (TPSA) is 32.5 Å². The molecule has 0 aromatic heterocycles. The maximum Gasteiger partial charge on any atom is 0.0500 e. The molecule has 2 N–H and O–H groups in total. The fourth-order valence-electron chi connectivity index (χ4n) is 3.63. The zero-order valence-corrected chi connectivity index (χ0v) is 13.5. The SMILES string of the molecule is CCC(N)C(c1cccc(C)c1)N1CCN(C2CC2)CC1. The minimum Gasteiger partial charge on any atom is -0.326 e. The van der Waals surface area contributed by atoms with E-state index in [0.29, 0.717) is 6.04 Å². The predicted octanol–water partition coefficient (Wildman–Crippen LogP) is 2.55. The smallest absolute Gasteiger partial charge is 0.0500 e. The first kappa shape index (κ1) is 15.0. The van der Waals surface area contributed by atoms with Gasteiger partial charge in [-0.1, -0.05) is 36.8 Å². The molecule has 21 heavy (non-hydrogen) atoms. The van der Waals surface area contributed by atoms with E-state index in [1.54, 1.807) is 0 Å². The van der Waals surface area contributed by atoms with Crippen molar-refractivity contribution in [3.05, 3.63) is 35.4 Å². The van der Waals surface area contributed by atoms with Gasteiger partial charge in [-0.2, -0.15) is 0 Å². The van der Waals surface area contributed by atoms with Crippen molar-refractivity contribution >= 4 is 0 Å². The largest absolute Gasteiger partial charge is 0.326 e. The molecule has 3 nitrogen and oxygen atoms in total. The van der Waals surface area contributed by atoms with Crippen molar-refractivity contribution in [2.75, 3.05) is 26.2 Å². The maximum absolute atomic E-state index is 6.48. The van der Waals surface area contributed by atoms with Crippen molar-refractivity contribution in [2.45, 2.75) is 51.2 Å². The van der Waals surface area contributed by atoms with Crippen molar-refractivity contribution in [3.63, 3.8) is 0 Å². The Morgan fingerprint density at radius 2 is 1.90 bits per heavy atom. The highest BCUT2D eigenvalue weighted by Crippen LogP contribution is 2.31. The summed E-state index contributed by atoms with van der Waals surface area (Å²) in [5, 5.41) is 0. The summed E-state index contributed by atoms with van der Waals surface area (Å²) in [6, 6.07) is 10.4. The third-order valence-electron chi connectivity index (χ3n) is 5.07. The van der Waals surface area contributed by atoms with E-state index in [4.69, 9.17) is 5.73 Å². The molecule has 0 amide bonds. The Kier molecular flexibility index (Phi) is 4.63. The number of piperazine rings is 1. The summed E-state index contributed by atoms with van der Waals surface area (Å²) in [6.07, 6.45) is 3.85. The summed E-state index contributed by atoms with van der Waals surface area (Å²) in [6.45, 7) is 9.11. The lowest BCUT2D eigenvalue weighted by atomic mass is 9.94. The van der Waals surface area contributed by atoms with Gasteiger partial charge < -0.3 is 5.73 Å². The van der Waals surface area contributed by atoms with Crippen LogP contribution >= 0.6 is 0 Å². The average Bonchev–Trinajstić information content (AvgIpc) is 3.33. The Balaban J connectivity index is 1.73. The molecular weight excluding hydrogens is 258 g/mol. The fraction of sp³-hybridized carbons (Fsp3) is 0.667. The monoisotopic (exact) mass is 287 g/mol. The third kappa shape index (κ3) is 3.47. The van der Waals surface area contributed by atoms with Crippen molar-refractivity contribution in [2.24, 2.45) is 5.73 Å². The molecule has 1 heterocycles. The second-order valence-corrected chi connectivity index (χ2v) is 6.73. The van der Waals surface area contributed by atoms with Gasteiger partial charge in [0.2, 0.25) is 0 Å². The van der Waals surface area contributed by atoms with E-state index in [-0.39, 0.29) is 6.04 Å². The molecule has 2 unspecified atom stereocenters. The van der Waals surface area contributed by atoms with Gasteiger partial charge >= 0.3 is 0 Å². The van der Waals surface area contributed by atoms with Gasteiger partial charge in [-0.3, -0.25) is 9.80 Å². The molecule has 3 rings (SSSR count). The lowest BCUT2D eigenvalue weighted by Gasteiger charge is -2.41. The van der Waals surface area contributed by atoms with E-state index < -0.39 is 0 Å². The second kappa shape index (κ2) is 6.47. The Bertz CT molecular complexity index is 461. The van der Waals surface area contributed by atoms with Crippen LogP contribution in [0.1, 0.15) is 43.4 Å². The molecule has 1 saturated heterocycles. The number of hydrogen-bond acceptors (Lipinski definition) is 3. The Morgan fingerprint density at radius 3 is 2.48 bits per heavy atom. The van der Waals surface area contributed by atoms with Crippen LogP contribution in [0.5, 0.6) is 0 Å². The number of rotatable bonds is 5. The molecule has 0 spiro atoms. The summed E-state index contributed by atoms with van der Waals surface area (Å²) in [4.78, 5) is 5.28. The van der Waals surface area contributed by atoms with Crippen LogP contribution < -0.4 is 5.73 Å². The molecule has 1 saturated carbocycles. The first-order valence-electron chi connectivity index (χ1n) is 8.49. The number of benzene rings is 1. The van der Waals surface area contributed by atoms with Gasteiger partial charge in [0.25, 0.3) is 0 Å². The van der Waals surface area contributed by atoms with Crippen molar-refractivity contribution < 1.29 is 0 Å². The highest BCUT2D eigenvalue weighted by molar-refractivity contribution is 5.26. The van der Waals surface area contributed by atoms with Crippen LogP contribution in [0, 0.1) is 6.92 Å². The van der Waals surface area contributed by atoms with Gasteiger partial charge in [-0.15, -0.1) is 0 Å². The Labute approximate surface area is 129 Å². The summed E-state index contributed by atoms with van der Waals surface area (Å²) in [5.74, 6) is 0. The molecule has 1 aromatic carbocycles. The first-order chi connectivity index (χ1) is 10.2. The number of nitrogens with zero attached hydrogens (tertiary/aromatic N) is 2. The van der Waals surface area contributed by atoms with E-state index in [2.05, 4.69) is 47.9 Å². The average molecular weight is 287 g/mol. The van der Waals surface area contributed by atoms with Crippen LogP contribution in [0.2, 0.25) is 0 Å². The molecule has 1 aliphatic heterocycles. The molecular formula is C18H29N3. The van der Waals surface area contributed by atoms with Crippen LogP contribution in [0.25, 0.3) is 0 Å². The van der Waals surface area contributed by atoms with E-state index in [1.807, 2.05) is 0 Å². The van der Waals surface area contributed by atoms with Crippen LogP contribution in [-0.2, 0) is 0 Å². The van der Waals surface area contributed by atoms with Crippen LogP contribution in [0.3, 0.4) is 0 Å². The number of hydrogen-bond donors (Lipinski definition) is 1. The van der Waals surface area contributed by atoms with Gasteiger partial charge in [0.05, 0.1) is 0 Å². The molecule has 2 atom stereocenters. The van der Waals surface area contributed by atoms with Crippen molar-refractivity contribution in [1.82, 2.24) is 9.80 Å². The standard InChI is InChI=1S/C18H29N3/c1-3-17(19)18(15-6-4-5-14(2)13-15)21-11-9-20(10-12-21)16-7-8-16/h4-6,13,16-18H,3,7-12,19H2,1-2H3. The third-order valence-corrected chi connectivity index (χ3v) is 5.07. The lowest BCUT2D eigenvalue weighted by molar-refractivity contribution is 0.0795. The Hall–Kier alpha value is -0.900. The van der Waals surface area contributed by atoms with E-state index in [9.17, 15) is 0 Å². The quantitative estimate of drug-likeness (QED) is 0.903. The van der Waals surface area contributed by atoms with E-state index in [0.717, 1.165) is 25.6 Å². The minimum absolute atomic E-state index is 0.222. The summed E-state index contributed by atoms with van der Waals surface area (Å²) >= 11 is 0. The normalized spacial score (nSPS) is 24.0. The summed E-state index contributed by atoms with van der Waals surface area (Å²) in [5.41, 5.74) is 9.21. The molecule has 2 aliphatic rings. The zero-order chi connectivity index (χ0) is 14.8. The van der Waals surface area contributed by atoms with Crippen LogP contribution in [0.4, 0.5) is 0 Å². The molecule has 0 radical (unpaired) electrons. The van der Waals surface area contributed by atoms with Gasteiger partial charge in [0.15, 0.2) is 0 Å². The predicted molar refractivity (Wildman–Crippen MR) is 88.4 cm³/mol. The summed E-state index contributed by atoms with van der Waals surface area (Å²) < 4.78 is 0. The van der Waals surface area contributed by atoms with E-state index in [1.165, 1.54) is 37.1 Å². The highest BCUT2D eigenvalue weighted by Gasteiger charge is 2.34. The van der Waals surface area contributed by atoms with Gasteiger partial charge in [0, 0.05) is 44.3 Å². The lowest BCUT2D eigenvalue weighted by Crippen LogP contribution is -2.51. The summed E-state index contributed by atoms with van der Waals surface area (Å²) in [7, 11) is 0. The van der Waals surface area contributed by atoms with Crippen molar-refractivity contribution in [3.8, 4) is 0 Å². The van der Waals surface area contributed by atoms with Crippen LogP contribution in [-0.4, -0.2) is 48.1 Å². The molecule has 1 aliphatic carbocycles. The Morgan fingerprint density at radius 1 is 1.19 bits per heavy atom. The molecule has 1 aromatic rings. The van der Waals surface area contributed by atoms with Gasteiger partial charge in [-0.25, -0.2) is 0 Å². The number of aryl methyl sites for hydroxylation is 1. The van der Waals surface area contributed by atoms with E-state index >= 15 is 0 Å². The van der Waals surface area contributed by atoms with Gasteiger partial charge in [0.1, 0.15) is 0 Å². The maximum atomic E-state index is 6.48. The minimum atomic E-state index is 0.222. The molecule has 0 bridgehead atoms. The highest BCUT2D eigenvalue weighted by atomic mass is 15.3. The van der Waals surface area contributed by atoms with Crippen LogP contribution in [0.15, 0.2) is 24.3 Å². The fourth-order valence-corrected chi connectivity index (χ4v) is 3.63. The number of nitrogens with two attached hydrogens (primary N) is 1. The first-order valence-corrected chi connectivity index (χ1v) is 8.49.